The van der Waals surface area contributed by atoms with Crippen molar-refractivity contribution in [1.29, 1.82) is 0 Å². The smallest absolute Gasteiger partial charge is 0.295 e. The van der Waals surface area contributed by atoms with Crippen LogP contribution in [0.5, 0.6) is 5.75 Å². The lowest BCUT2D eigenvalue weighted by atomic mass is 9.94. The van der Waals surface area contributed by atoms with Gasteiger partial charge in [-0.15, -0.1) is 0 Å². The van der Waals surface area contributed by atoms with E-state index in [4.69, 9.17) is 27.9 Å². The molecule has 3 aromatic carbocycles. The van der Waals surface area contributed by atoms with Crippen LogP contribution >= 0.6 is 23.2 Å². The Morgan fingerprint density at radius 3 is 2.39 bits per heavy atom. The fourth-order valence-corrected chi connectivity index (χ4v) is 4.88. The number of rotatable bonds is 9. The number of amides is 1. The van der Waals surface area contributed by atoms with E-state index in [9.17, 15) is 14.7 Å². The third-order valence-corrected chi connectivity index (χ3v) is 7.24. The van der Waals surface area contributed by atoms with Crippen LogP contribution in [0, 0.1) is 6.92 Å². The van der Waals surface area contributed by atoms with Crippen LogP contribution in [0.15, 0.2) is 72.3 Å². The highest BCUT2D eigenvalue weighted by atomic mass is 35.5. The maximum atomic E-state index is 13.3. The lowest BCUT2D eigenvalue weighted by Crippen LogP contribution is -2.32. The summed E-state index contributed by atoms with van der Waals surface area (Å²) in [6.07, 6.45) is 0.657. The molecule has 1 heterocycles. The summed E-state index contributed by atoms with van der Waals surface area (Å²) in [6.45, 7) is 3.31. The molecule has 6 nitrogen and oxygen atoms in total. The number of carbonyl (C=O) groups excluding carboxylic acids is 2. The first-order chi connectivity index (χ1) is 18.2. The number of aliphatic hydroxyl groups is 1. The number of hydrogen-bond donors (Lipinski definition) is 1. The number of ketones is 1. The highest BCUT2D eigenvalue weighted by Gasteiger charge is 2.46. The normalized spacial score (nSPS) is 16.9. The minimum atomic E-state index is -0.791. The van der Waals surface area contributed by atoms with Crippen molar-refractivity contribution in [3.63, 3.8) is 0 Å². The molecule has 1 unspecified atom stereocenters. The maximum absolute atomic E-state index is 13.3. The summed E-state index contributed by atoms with van der Waals surface area (Å²) in [6, 6.07) is 19.3. The monoisotopic (exact) mass is 552 g/mol. The average Bonchev–Trinajstić information content (AvgIpc) is 3.14. The number of likely N-dealkylation sites (tertiary alicyclic amines) is 1. The number of aryl methyl sites for hydroxylation is 1. The highest BCUT2D eigenvalue weighted by Crippen LogP contribution is 2.41. The number of benzene rings is 3. The number of hydrogen-bond acceptors (Lipinski definition) is 5. The van der Waals surface area contributed by atoms with Crippen LogP contribution in [-0.2, 0) is 16.2 Å². The van der Waals surface area contributed by atoms with Crippen LogP contribution in [0.1, 0.15) is 34.7 Å². The van der Waals surface area contributed by atoms with Crippen molar-refractivity contribution < 1.29 is 19.4 Å². The molecular weight excluding hydrogens is 523 g/mol. The molecule has 38 heavy (non-hydrogen) atoms. The molecule has 1 amide bonds. The molecule has 0 spiro atoms. The molecular formula is C30H30Cl2N2O4. The number of carbonyl (C=O) groups is 2. The van der Waals surface area contributed by atoms with Gasteiger partial charge in [-0.25, -0.2) is 0 Å². The SMILES string of the molecule is Cc1cc(OCc2ccccc2)ccc1C(O)=C1C(=O)C(=O)N(CCCN(C)C)C1c1ccc(Cl)c(Cl)c1. The predicted octanol–water partition coefficient (Wildman–Crippen LogP) is 6.25. The molecule has 1 aliphatic rings. The van der Waals surface area contributed by atoms with E-state index in [0.29, 0.717) is 52.1 Å². The second-order valence-corrected chi connectivity index (χ2v) is 10.4. The van der Waals surface area contributed by atoms with Crippen molar-refractivity contribution in [1.82, 2.24) is 9.80 Å². The highest BCUT2D eigenvalue weighted by molar-refractivity contribution is 6.47. The Morgan fingerprint density at radius 1 is 1.00 bits per heavy atom. The fourth-order valence-electron chi connectivity index (χ4n) is 4.57. The molecule has 0 radical (unpaired) electrons. The van der Waals surface area contributed by atoms with E-state index in [1.807, 2.05) is 56.3 Å². The number of halogens is 2. The molecule has 8 heteroatoms. The predicted molar refractivity (Wildman–Crippen MR) is 151 cm³/mol. The van der Waals surface area contributed by atoms with E-state index in [-0.39, 0.29) is 11.3 Å². The second-order valence-electron chi connectivity index (χ2n) is 9.57. The third-order valence-electron chi connectivity index (χ3n) is 6.51. The first-order valence-electron chi connectivity index (χ1n) is 12.3. The van der Waals surface area contributed by atoms with Crippen LogP contribution in [0.4, 0.5) is 0 Å². The largest absolute Gasteiger partial charge is 0.507 e. The molecule has 198 valence electrons. The lowest BCUT2D eigenvalue weighted by Gasteiger charge is -2.26. The summed E-state index contributed by atoms with van der Waals surface area (Å²) in [5.74, 6) is -0.983. The summed E-state index contributed by atoms with van der Waals surface area (Å²) in [5, 5.41) is 12.1. The summed E-state index contributed by atoms with van der Waals surface area (Å²) >= 11 is 12.4. The van der Waals surface area contributed by atoms with Crippen LogP contribution in [0.3, 0.4) is 0 Å². The maximum Gasteiger partial charge on any atom is 0.295 e. The summed E-state index contributed by atoms with van der Waals surface area (Å²) < 4.78 is 5.91. The minimum Gasteiger partial charge on any atom is -0.507 e. The van der Waals surface area contributed by atoms with Gasteiger partial charge in [0.25, 0.3) is 11.7 Å². The third kappa shape index (κ3) is 6.04. The number of ether oxygens (including phenoxy) is 1. The van der Waals surface area contributed by atoms with Crippen LogP contribution in [-0.4, -0.2) is 53.8 Å². The fraction of sp³-hybridized carbons (Fsp3) is 0.267. The van der Waals surface area contributed by atoms with E-state index >= 15 is 0 Å². The van der Waals surface area contributed by atoms with E-state index in [2.05, 4.69) is 0 Å². The van der Waals surface area contributed by atoms with Crippen molar-refractivity contribution in [3.8, 4) is 5.75 Å². The Hall–Kier alpha value is -3.32. The lowest BCUT2D eigenvalue weighted by molar-refractivity contribution is -0.139. The number of nitrogens with zero attached hydrogens (tertiary/aromatic N) is 2. The number of Topliss-reactive ketones (excluding diaryl/α,β-unsaturated/α-hetero) is 1. The van der Waals surface area contributed by atoms with Gasteiger partial charge in [0.15, 0.2) is 0 Å². The van der Waals surface area contributed by atoms with Gasteiger partial charge in [0, 0.05) is 12.1 Å². The zero-order chi connectivity index (χ0) is 27.4. The standard InChI is InChI=1S/C30H30Cl2N2O4/c1-19-16-22(38-18-20-8-5-4-6-9-20)11-12-23(19)28(35)26-27(21-10-13-24(31)25(32)17-21)34(30(37)29(26)36)15-7-14-33(2)3/h4-6,8-13,16-17,27,35H,7,14-15,18H2,1-3H3. The van der Waals surface area contributed by atoms with Gasteiger partial charge >= 0.3 is 0 Å². The molecule has 0 saturated carbocycles. The van der Waals surface area contributed by atoms with Gasteiger partial charge in [-0.05, 0) is 81.0 Å². The van der Waals surface area contributed by atoms with Gasteiger partial charge in [0.2, 0.25) is 0 Å². The van der Waals surface area contributed by atoms with Crippen molar-refractivity contribution >= 4 is 40.7 Å². The van der Waals surface area contributed by atoms with E-state index in [1.165, 1.54) is 4.90 Å². The molecule has 0 aromatic heterocycles. The molecule has 1 N–H and O–H groups in total. The topological polar surface area (TPSA) is 70.1 Å². The van der Waals surface area contributed by atoms with Crippen LogP contribution in [0.25, 0.3) is 5.76 Å². The Balaban J connectivity index is 1.70. The molecule has 1 fully saturated rings. The van der Waals surface area contributed by atoms with E-state index < -0.39 is 17.7 Å². The Bertz CT molecular complexity index is 1370. The van der Waals surface area contributed by atoms with Crippen molar-refractivity contribution in [2.45, 2.75) is 26.0 Å². The van der Waals surface area contributed by atoms with Crippen molar-refractivity contribution in [2.24, 2.45) is 0 Å². The first kappa shape index (κ1) is 27.7. The molecule has 0 aliphatic carbocycles. The summed E-state index contributed by atoms with van der Waals surface area (Å²) in [7, 11) is 3.89. The molecule has 1 aliphatic heterocycles. The minimum absolute atomic E-state index is 0.0271. The van der Waals surface area contributed by atoms with Crippen LogP contribution in [0.2, 0.25) is 10.0 Å². The zero-order valence-corrected chi connectivity index (χ0v) is 23.1. The van der Waals surface area contributed by atoms with Gasteiger partial charge in [-0.1, -0.05) is 59.6 Å². The van der Waals surface area contributed by atoms with E-state index in [0.717, 1.165) is 12.1 Å². The quantitative estimate of drug-likeness (QED) is 0.193. The molecule has 1 atom stereocenters. The van der Waals surface area contributed by atoms with Gasteiger partial charge in [-0.3, -0.25) is 9.59 Å². The molecule has 0 bridgehead atoms. The molecule has 4 rings (SSSR count). The molecule has 1 saturated heterocycles. The zero-order valence-electron chi connectivity index (χ0n) is 21.6. The van der Waals surface area contributed by atoms with Gasteiger partial charge in [0.05, 0.1) is 21.7 Å². The Morgan fingerprint density at radius 2 is 1.74 bits per heavy atom. The van der Waals surface area contributed by atoms with Gasteiger partial charge in [-0.2, -0.15) is 0 Å². The summed E-state index contributed by atoms with van der Waals surface area (Å²) in [5.41, 5.74) is 2.83. The van der Waals surface area contributed by atoms with Crippen molar-refractivity contribution in [2.75, 3.05) is 27.2 Å². The number of aliphatic hydroxyl groups excluding tert-OH is 1. The van der Waals surface area contributed by atoms with E-state index in [1.54, 1.807) is 36.4 Å². The van der Waals surface area contributed by atoms with Gasteiger partial charge in [0.1, 0.15) is 18.1 Å². The Kier molecular flexibility index (Phi) is 8.77. The Labute approximate surface area is 233 Å². The molecule has 3 aromatic rings. The second kappa shape index (κ2) is 12.0. The van der Waals surface area contributed by atoms with Gasteiger partial charge < -0.3 is 19.6 Å². The first-order valence-corrected chi connectivity index (χ1v) is 13.1. The average molecular weight is 553 g/mol. The van der Waals surface area contributed by atoms with Crippen molar-refractivity contribution in [3.05, 3.63) is 105 Å². The summed E-state index contributed by atoms with van der Waals surface area (Å²) in [4.78, 5) is 30.0. The van der Waals surface area contributed by atoms with Crippen LogP contribution < -0.4 is 4.74 Å².